The molecule has 0 aromatic carbocycles. The van der Waals surface area contributed by atoms with Gasteiger partial charge in [-0.3, -0.25) is 0 Å². The molecule has 2 N–H and O–H groups in total. The molecule has 1 rings (SSSR count). The highest BCUT2D eigenvalue weighted by atomic mass is 16.3. The summed E-state index contributed by atoms with van der Waals surface area (Å²) in [5.41, 5.74) is -0.412. The molecule has 2 unspecified atom stereocenters. The minimum Gasteiger partial charge on any atom is -0.389 e. The quantitative estimate of drug-likeness (QED) is 0.701. The molecule has 2 nitrogen and oxygen atoms in total. The molecule has 78 valence electrons. The average molecular weight is 185 g/mol. The summed E-state index contributed by atoms with van der Waals surface area (Å²) in [5.74, 6) is 0.749. The zero-order valence-electron chi connectivity index (χ0n) is 9.14. The third-order valence-electron chi connectivity index (χ3n) is 3.10. The normalized spacial score (nSPS) is 34.4. The topological polar surface area (TPSA) is 32.3 Å². The van der Waals surface area contributed by atoms with Crippen molar-refractivity contribution >= 4 is 0 Å². The minimum atomic E-state index is -0.412. The SMILES string of the molecule is CCC1CCC(O)(CNC(C)C)C1. The van der Waals surface area contributed by atoms with Crippen LogP contribution in [0.1, 0.15) is 46.5 Å². The molecule has 2 atom stereocenters. The van der Waals surface area contributed by atoms with Crippen LogP contribution in [0.15, 0.2) is 0 Å². The molecule has 0 spiro atoms. The Morgan fingerprint density at radius 1 is 1.54 bits per heavy atom. The zero-order chi connectivity index (χ0) is 9.90. The molecular weight excluding hydrogens is 162 g/mol. The van der Waals surface area contributed by atoms with E-state index in [0.29, 0.717) is 6.04 Å². The molecule has 0 saturated heterocycles. The fourth-order valence-electron chi connectivity index (χ4n) is 2.12. The summed E-state index contributed by atoms with van der Waals surface area (Å²) >= 11 is 0. The van der Waals surface area contributed by atoms with E-state index in [0.717, 1.165) is 25.3 Å². The molecule has 0 heterocycles. The highest BCUT2D eigenvalue weighted by molar-refractivity contribution is 4.90. The monoisotopic (exact) mass is 185 g/mol. The van der Waals surface area contributed by atoms with Crippen molar-refractivity contribution in [2.75, 3.05) is 6.54 Å². The summed E-state index contributed by atoms with van der Waals surface area (Å²) in [4.78, 5) is 0. The maximum Gasteiger partial charge on any atom is 0.0774 e. The van der Waals surface area contributed by atoms with Crippen molar-refractivity contribution in [1.29, 1.82) is 0 Å². The standard InChI is InChI=1S/C11H23NO/c1-4-10-5-6-11(13,7-10)8-12-9(2)3/h9-10,12-13H,4-8H2,1-3H3. The van der Waals surface area contributed by atoms with Crippen LogP contribution in [-0.2, 0) is 0 Å². The van der Waals surface area contributed by atoms with Crippen LogP contribution in [0.4, 0.5) is 0 Å². The fourth-order valence-corrected chi connectivity index (χ4v) is 2.12. The number of rotatable bonds is 4. The van der Waals surface area contributed by atoms with Gasteiger partial charge in [-0.15, -0.1) is 0 Å². The lowest BCUT2D eigenvalue weighted by Gasteiger charge is -2.24. The summed E-state index contributed by atoms with van der Waals surface area (Å²) in [7, 11) is 0. The number of aliphatic hydroxyl groups is 1. The largest absolute Gasteiger partial charge is 0.389 e. The van der Waals surface area contributed by atoms with Gasteiger partial charge in [0.25, 0.3) is 0 Å². The number of hydrogen-bond donors (Lipinski definition) is 2. The third-order valence-corrected chi connectivity index (χ3v) is 3.10. The minimum absolute atomic E-state index is 0.412. The summed E-state index contributed by atoms with van der Waals surface area (Å²) in [5, 5.41) is 13.5. The van der Waals surface area contributed by atoms with Crippen LogP contribution in [0.5, 0.6) is 0 Å². The van der Waals surface area contributed by atoms with Crippen molar-refractivity contribution < 1.29 is 5.11 Å². The maximum atomic E-state index is 10.2. The van der Waals surface area contributed by atoms with E-state index < -0.39 is 5.60 Å². The Balaban J connectivity index is 2.31. The fraction of sp³-hybridized carbons (Fsp3) is 1.00. The molecule has 1 aliphatic rings. The van der Waals surface area contributed by atoms with Crippen LogP contribution in [-0.4, -0.2) is 23.3 Å². The van der Waals surface area contributed by atoms with Crippen LogP contribution in [0.25, 0.3) is 0 Å². The molecule has 0 radical (unpaired) electrons. The molecule has 2 heteroatoms. The van der Waals surface area contributed by atoms with Gasteiger partial charge in [-0.1, -0.05) is 27.2 Å². The van der Waals surface area contributed by atoms with Crippen molar-refractivity contribution in [1.82, 2.24) is 5.32 Å². The highest BCUT2D eigenvalue weighted by Gasteiger charge is 2.35. The number of nitrogens with one attached hydrogen (secondary N) is 1. The second-order valence-electron chi connectivity index (χ2n) is 4.78. The third kappa shape index (κ3) is 3.28. The Bertz CT molecular complexity index is 158. The van der Waals surface area contributed by atoms with E-state index in [9.17, 15) is 5.11 Å². The maximum absolute atomic E-state index is 10.2. The van der Waals surface area contributed by atoms with E-state index in [1.165, 1.54) is 12.8 Å². The molecule has 0 aromatic rings. The van der Waals surface area contributed by atoms with Gasteiger partial charge in [0.2, 0.25) is 0 Å². The highest BCUT2D eigenvalue weighted by Crippen LogP contribution is 2.35. The summed E-state index contributed by atoms with van der Waals surface area (Å²) in [6.07, 6.45) is 4.38. The second-order valence-corrected chi connectivity index (χ2v) is 4.78. The van der Waals surface area contributed by atoms with E-state index in [1.807, 2.05) is 0 Å². The molecule has 13 heavy (non-hydrogen) atoms. The first-order valence-corrected chi connectivity index (χ1v) is 5.51. The first-order valence-electron chi connectivity index (χ1n) is 5.51. The summed E-state index contributed by atoms with van der Waals surface area (Å²) in [6.45, 7) is 7.22. The van der Waals surface area contributed by atoms with E-state index in [1.54, 1.807) is 0 Å². The van der Waals surface area contributed by atoms with Gasteiger partial charge in [0.1, 0.15) is 0 Å². The summed E-state index contributed by atoms with van der Waals surface area (Å²) in [6, 6.07) is 0.477. The van der Waals surface area contributed by atoms with Crippen LogP contribution in [0, 0.1) is 5.92 Å². The van der Waals surface area contributed by atoms with Crippen molar-refractivity contribution in [3.05, 3.63) is 0 Å². The number of hydrogen-bond acceptors (Lipinski definition) is 2. The Kier molecular flexibility index (Phi) is 3.74. The molecule has 1 saturated carbocycles. The van der Waals surface area contributed by atoms with E-state index in [2.05, 4.69) is 26.1 Å². The molecule has 0 bridgehead atoms. The lowest BCUT2D eigenvalue weighted by Crippen LogP contribution is -2.41. The van der Waals surface area contributed by atoms with Crippen molar-refractivity contribution in [3.8, 4) is 0 Å². The average Bonchev–Trinajstić information content (AvgIpc) is 2.45. The Hall–Kier alpha value is -0.0800. The lowest BCUT2D eigenvalue weighted by atomic mass is 9.98. The molecule has 0 amide bonds. The van der Waals surface area contributed by atoms with Gasteiger partial charge in [-0.2, -0.15) is 0 Å². The van der Waals surface area contributed by atoms with E-state index >= 15 is 0 Å². The van der Waals surface area contributed by atoms with Gasteiger partial charge in [0.05, 0.1) is 5.60 Å². The zero-order valence-corrected chi connectivity index (χ0v) is 9.14. The van der Waals surface area contributed by atoms with Crippen LogP contribution < -0.4 is 5.32 Å². The predicted octanol–water partition coefficient (Wildman–Crippen LogP) is 1.93. The summed E-state index contributed by atoms with van der Waals surface area (Å²) < 4.78 is 0. The van der Waals surface area contributed by atoms with Gasteiger partial charge in [0, 0.05) is 12.6 Å². The van der Waals surface area contributed by atoms with Crippen molar-refractivity contribution in [3.63, 3.8) is 0 Å². The van der Waals surface area contributed by atoms with Gasteiger partial charge in [-0.25, -0.2) is 0 Å². The molecule has 1 aliphatic carbocycles. The van der Waals surface area contributed by atoms with Gasteiger partial charge in [0.15, 0.2) is 0 Å². The Morgan fingerprint density at radius 3 is 2.69 bits per heavy atom. The molecule has 0 aromatic heterocycles. The van der Waals surface area contributed by atoms with Crippen LogP contribution >= 0.6 is 0 Å². The predicted molar refractivity (Wildman–Crippen MR) is 55.7 cm³/mol. The lowest BCUT2D eigenvalue weighted by molar-refractivity contribution is 0.0415. The second kappa shape index (κ2) is 4.43. The van der Waals surface area contributed by atoms with E-state index in [4.69, 9.17) is 0 Å². The van der Waals surface area contributed by atoms with Gasteiger partial charge < -0.3 is 10.4 Å². The van der Waals surface area contributed by atoms with Gasteiger partial charge in [-0.05, 0) is 25.2 Å². The van der Waals surface area contributed by atoms with Gasteiger partial charge >= 0.3 is 0 Å². The van der Waals surface area contributed by atoms with Crippen molar-refractivity contribution in [2.24, 2.45) is 5.92 Å². The first kappa shape index (κ1) is 11.0. The molecular formula is C11H23NO. The Morgan fingerprint density at radius 2 is 2.23 bits per heavy atom. The van der Waals surface area contributed by atoms with Crippen LogP contribution in [0.2, 0.25) is 0 Å². The van der Waals surface area contributed by atoms with E-state index in [-0.39, 0.29) is 0 Å². The van der Waals surface area contributed by atoms with Crippen LogP contribution in [0.3, 0.4) is 0 Å². The molecule has 1 fully saturated rings. The first-order chi connectivity index (χ1) is 6.06. The molecule has 0 aliphatic heterocycles. The smallest absolute Gasteiger partial charge is 0.0774 e. The Labute approximate surface area is 81.7 Å². The van der Waals surface area contributed by atoms with Crippen molar-refractivity contribution in [2.45, 2.75) is 58.1 Å².